The molecular formula is C14H22N4O3S. The van der Waals surface area contributed by atoms with Crippen LogP contribution in [0.25, 0.3) is 0 Å². The van der Waals surface area contributed by atoms with E-state index in [0.29, 0.717) is 30.7 Å². The number of ether oxygens (including phenoxy) is 1. The molecule has 122 valence electrons. The summed E-state index contributed by atoms with van der Waals surface area (Å²) in [4.78, 5) is 27.8. The molecule has 1 saturated heterocycles. The van der Waals surface area contributed by atoms with E-state index in [4.69, 9.17) is 4.74 Å². The number of rotatable bonds is 6. The Hall–Kier alpha value is -1.54. The van der Waals surface area contributed by atoms with Crippen LogP contribution in [0.2, 0.25) is 0 Å². The van der Waals surface area contributed by atoms with Crippen LogP contribution in [0.3, 0.4) is 0 Å². The van der Waals surface area contributed by atoms with Crippen molar-refractivity contribution in [3.63, 3.8) is 0 Å². The number of carbonyl (C=O) groups excluding carboxylic acids is 2. The fraction of sp³-hybridized carbons (Fsp3) is 0.714. The smallest absolute Gasteiger partial charge is 0.229 e. The molecule has 2 amide bonds. The second-order valence-electron chi connectivity index (χ2n) is 5.93. The molecule has 0 aliphatic carbocycles. The predicted octanol–water partition coefficient (Wildman–Crippen LogP) is 1.15. The highest BCUT2D eigenvalue weighted by Gasteiger charge is 2.38. The summed E-state index contributed by atoms with van der Waals surface area (Å²) in [5, 5.41) is 9.27. The Bertz CT molecular complexity index is 546. The van der Waals surface area contributed by atoms with Gasteiger partial charge in [0, 0.05) is 33.7 Å². The van der Waals surface area contributed by atoms with Gasteiger partial charge >= 0.3 is 0 Å². The Labute approximate surface area is 134 Å². The third kappa shape index (κ3) is 3.80. The van der Waals surface area contributed by atoms with Crippen molar-refractivity contribution in [2.75, 3.05) is 32.1 Å². The van der Waals surface area contributed by atoms with Gasteiger partial charge in [0.2, 0.25) is 16.9 Å². The van der Waals surface area contributed by atoms with Gasteiger partial charge in [0.1, 0.15) is 11.6 Å². The molecule has 0 spiro atoms. The molecule has 1 fully saturated rings. The number of nitrogens with zero attached hydrogens (tertiary/aromatic N) is 4. The first-order valence-electron chi connectivity index (χ1n) is 7.29. The Balaban J connectivity index is 2.02. The number of hydrogen-bond acceptors (Lipinski definition) is 6. The molecule has 0 bridgehead atoms. The van der Waals surface area contributed by atoms with Crippen LogP contribution in [0.4, 0.5) is 5.13 Å². The zero-order chi connectivity index (χ0) is 16.3. The number of carbonyl (C=O) groups is 2. The highest BCUT2D eigenvalue weighted by atomic mass is 32.1. The fourth-order valence-electron chi connectivity index (χ4n) is 2.54. The van der Waals surface area contributed by atoms with Crippen molar-refractivity contribution in [3.05, 3.63) is 5.01 Å². The molecule has 0 N–H and O–H groups in total. The number of aromatic nitrogens is 2. The highest BCUT2D eigenvalue weighted by molar-refractivity contribution is 7.15. The maximum Gasteiger partial charge on any atom is 0.229 e. The minimum absolute atomic E-state index is 0.0196. The van der Waals surface area contributed by atoms with Gasteiger partial charge in [-0.3, -0.25) is 14.5 Å². The van der Waals surface area contributed by atoms with Crippen molar-refractivity contribution >= 4 is 28.3 Å². The minimum Gasteiger partial charge on any atom is -0.377 e. The summed E-state index contributed by atoms with van der Waals surface area (Å²) in [7, 11) is 3.37. The van der Waals surface area contributed by atoms with Crippen LogP contribution in [0, 0.1) is 11.8 Å². The monoisotopic (exact) mass is 326 g/mol. The summed E-state index contributed by atoms with van der Waals surface area (Å²) in [5.41, 5.74) is 0. The summed E-state index contributed by atoms with van der Waals surface area (Å²) < 4.78 is 5.00. The van der Waals surface area contributed by atoms with Crippen LogP contribution in [-0.2, 0) is 20.9 Å². The lowest BCUT2D eigenvalue weighted by molar-refractivity contribution is -0.135. The highest BCUT2D eigenvalue weighted by Crippen LogP contribution is 2.28. The van der Waals surface area contributed by atoms with Crippen LogP contribution < -0.4 is 4.90 Å². The molecule has 22 heavy (non-hydrogen) atoms. The maximum atomic E-state index is 12.4. The second kappa shape index (κ2) is 7.15. The van der Waals surface area contributed by atoms with E-state index >= 15 is 0 Å². The van der Waals surface area contributed by atoms with E-state index in [1.54, 1.807) is 24.0 Å². The van der Waals surface area contributed by atoms with E-state index in [2.05, 4.69) is 24.0 Å². The number of amides is 2. The van der Waals surface area contributed by atoms with Gasteiger partial charge in [-0.15, -0.1) is 10.2 Å². The van der Waals surface area contributed by atoms with Crippen LogP contribution in [0.1, 0.15) is 25.3 Å². The SMILES string of the molecule is COCc1nnc(N2CC(C(=O)N(C)CC(C)C)CC2=O)s1. The minimum atomic E-state index is -0.300. The molecule has 1 aromatic heterocycles. The molecule has 1 aromatic rings. The molecule has 1 aliphatic rings. The average Bonchev–Trinajstić information content (AvgIpc) is 3.04. The summed E-state index contributed by atoms with van der Waals surface area (Å²) in [6, 6.07) is 0. The topological polar surface area (TPSA) is 75.6 Å². The lowest BCUT2D eigenvalue weighted by Gasteiger charge is -2.22. The van der Waals surface area contributed by atoms with Gasteiger partial charge in [0.05, 0.1) is 5.92 Å². The van der Waals surface area contributed by atoms with E-state index in [9.17, 15) is 9.59 Å². The molecule has 2 rings (SSSR count). The predicted molar refractivity (Wildman–Crippen MR) is 83.6 cm³/mol. The van der Waals surface area contributed by atoms with E-state index in [1.165, 1.54) is 11.3 Å². The Morgan fingerprint density at radius 1 is 1.50 bits per heavy atom. The number of methoxy groups -OCH3 is 1. The molecule has 7 nitrogen and oxygen atoms in total. The van der Waals surface area contributed by atoms with Crippen molar-refractivity contribution in [1.29, 1.82) is 0 Å². The molecule has 1 aliphatic heterocycles. The fourth-order valence-corrected chi connectivity index (χ4v) is 3.38. The first kappa shape index (κ1) is 16.8. The van der Waals surface area contributed by atoms with Gasteiger partial charge in [-0.05, 0) is 5.92 Å². The Morgan fingerprint density at radius 3 is 2.86 bits per heavy atom. The van der Waals surface area contributed by atoms with E-state index in [0.717, 1.165) is 5.01 Å². The molecule has 1 atom stereocenters. The van der Waals surface area contributed by atoms with Gasteiger partial charge in [0.15, 0.2) is 0 Å². The van der Waals surface area contributed by atoms with E-state index in [1.807, 2.05) is 0 Å². The Morgan fingerprint density at radius 2 is 2.23 bits per heavy atom. The Kier molecular flexibility index (Phi) is 5.47. The first-order valence-corrected chi connectivity index (χ1v) is 8.10. The molecule has 0 aromatic carbocycles. The molecular weight excluding hydrogens is 304 g/mol. The van der Waals surface area contributed by atoms with Crippen molar-refractivity contribution in [3.8, 4) is 0 Å². The van der Waals surface area contributed by atoms with Crippen LogP contribution in [0.5, 0.6) is 0 Å². The third-order valence-corrected chi connectivity index (χ3v) is 4.36. The molecule has 8 heteroatoms. The van der Waals surface area contributed by atoms with Gasteiger partial charge in [-0.1, -0.05) is 25.2 Å². The largest absolute Gasteiger partial charge is 0.377 e. The van der Waals surface area contributed by atoms with Crippen LogP contribution in [0.15, 0.2) is 0 Å². The standard InChI is InChI=1S/C14H22N4O3S/c1-9(2)6-17(3)13(20)10-5-12(19)18(7-10)14-16-15-11(22-14)8-21-4/h9-10H,5-8H2,1-4H3. The van der Waals surface area contributed by atoms with Gasteiger partial charge in [-0.25, -0.2) is 0 Å². The van der Waals surface area contributed by atoms with Crippen molar-refractivity contribution in [2.24, 2.45) is 11.8 Å². The number of hydrogen-bond donors (Lipinski definition) is 0. The summed E-state index contributed by atoms with van der Waals surface area (Å²) in [6.07, 6.45) is 0.237. The second-order valence-corrected chi connectivity index (χ2v) is 6.97. The normalized spacial score (nSPS) is 18.3. The lowest BCUT2D eigenvalue weighted by atomic mass is 10.1. The summed E-state index contributed by atoms with van der Waals surface area (Å²) >= 11 is 1.32. The summed E-state index contributed by atoms with van der Waals surface area (Å²) in [6.45, 7) is 5.57. The maximum absolute atomic E-state index is 12.4. The molecule has 1 unspecified atom stereocenters. The van der Waals surface area contributed by atoms with Crippen molar-refractivity contribution in [2.45, 2.75) is 26.9 Å². The summed E-state index contributed by atoms with van der Waals surface area (Å²) in [5.74, 6) is 0.0514. The van der Waals surface area contributed by atoms with E-state index in [-0.39, 0.29) is 24.2 Å². The van der Waals surface area contributed by atoms with Crippen molar-refractivity contribution < 1.29 is 14.3 Å². The molecule has 2 heterocycles. The van der Waals surface area contributed by atoms with Crippen LogP contribution in [-0.4, -0.2) is 54.2 Å². The zero-order valence-corrected chi connectivity index (χ0v) is 14.2. The zero-order valence-electron chi connectivity index (χ0n) is 13.4. The van der Waals surface area contributed by atoms with Crippen molar-refractivity contribution in [1.82, 2.24) is 15.1 Å². The molecule has 0 saturated carbocycles. The lowest BCUT2D eigenvalue weighted by Crippen LogP contribution is -2.36. The van der Waals surface area contributed by atoms with Gasteiger partial charge in [0.25, 0.3) is 0 Å². The number of anilines is 1. The quantitative estimate of drug-likeness (QED) is 0.784. The van der Waals surface area contributed by atoms with Gasteiger partial charge < -0.3 is 9.64 Å². The average molecular weight is 326 g/mol. The third-order valence-electron chi connectivity index (χ3n) is 3.44. The van der Waals surface area contributed by atoms with Crippen LogP contribution >= 0.6 is 11.3 Å². The van der Waals surface area contributed by atoms with E-state index < -0.39 is 0 Å². The first-order chi connectivity index (χ1) is 10.4. The molecule has 0 radical (unpaired) electrons. The van der Waals surface area contributed by atoms with Gasteiger partial charge in [-0.2, -0.15) is 0 Å².